The van der Waals surface area contributed by atoms with Crippen LogP contribution >= 0.6 is 15.9 Å². The highest BCUT2D eigenvalue weighted by atomic mass is 79.9. The lowest BCUT2D eigenvalue weighted by molar-refractivity contribution is 1.12. The molecule has 0 radical (unpaired) electrons. The van der Waals surface area contributed by atoms with E-state index in [0.717, 1.165) is 10.4 Å². The van der Waals surface area contributed by atoms with Crippen molar-refractivity contribution in [3.05, 3.63) is 40.6 Å². The molecule has 1 aliphatic rings. The molecule has 70 valence electrons. The molecule has 0 amide bonds. The van der Waals surface area contributed by atoms with E-state index in [1.165, 1.54) is 29.2 Å². The molecule has 0 spiro atoms. The van der Waals surface area contributed by atoms with Gasteiger partial charge in [-0.2, -0.15) is 0 Å². The number of pyridine rings is 1. The van der Waals surface area contributed by atoms with Crippen LogP contribution in [0.3, 0.4) is 0 Å². The van der Waals surface area contributed by atoms with Gasteiger partial charge in [0.2, 0.25) is 0 Å². The number of rotatable bonds is 1. The Morgan fingerprint density at radius 2 is 2.07 bits per heavy atom. The van der Waals surface area contributed by atoms with E-state index in [-0.39, 0.29) is 0 Å². The lowest BCUT2D eigenvalue weighted by Gasteiger charge is -2.04. The van der Waals surface area contributed by atoms with Crippen LogP contribution in [0.2, 0.25) is 0 Å². The third-order valence-electron chi connectivity index (χ3n) is 2.77. The molecule has 2 aromatic rings. The number of halogens is 1. The quantitative estimate of drug-likeness (QED) is 0.746. The van der Waals surface area contributed by atoms with Crippen LogP contribution in [0.4, 0.5) is 0 Å². The molecule has 1 heterocycles. The standard InChI is InChI=1S/C12H10BrN/c13-10-4-3-9-6-14-7-12(8-1-2-8)11(9)5-10/h3-8H,1-2H2. The van der Waals surface area contributed by atoms with E-state index in [2.05, 4.69) is 39.1 Å². The van der Waals surface area contributed by atoms with Gasteiger partial charge in [0, 0.05) is 22.3 Å². The monoisotopic (exact) mass is 247 g/mol. The lowest BCUT2D eigenvalue weighted by atomic mass is 10.0. The minimum atomic E-state index is 0.764. The average Bonchev–Trinajstić information content (AvgIpc) is 3.00. The highest BCUT2D eigenvalue weighted by molar-refractivity contribution is 9.10. The van der Waals surface area contributed by atoms with Crippen LogP contribution in [-0.2, 0) is 0 Å². The Balaban J connectivity index is 2.32. The fraction of sp³-hybridized carbons (Fsp3) is 0.250. The summed E-state index contributed by atoms with van der Waals surface area (Å²) in [5.74, 6) is 0.764. The van der Waals surface area contributed by atoms with E-state index in [0.29, 0.717) is 0 Å². The van der Waals surface area contributed by atoms with Crippen LogP contribution in [0, 0.1) is 0 Å². The topological polar surface area (TPSA) is 12.9 Å². The number of aromatic nitrogens is 1. The van der Waals surface area contributed by atoms with Crippen molar-refractivity contribution in [2.24, 2.45) is 0 Å². The predicted molar refractivity (Wildman–Crippen MR) is 61.4 cm³/mol. The Hall–Kier alpha value is -0.890. The molecule has 14 heavy (non-hydrogen) atoms. The van der Waals surface area contributed by atoms with Crippen molar-refractivity contribution in [3.8, 4) is 0 Å². The van der Waals surface area contributed by atoms with Gasteiger partial charge in [-0.1, -0.05) is 22.0 Å². The molecule has 0 aliphatic heterocycles. The zero-order valence-electron chi connectivity index (χ0n) is 7.70. The van der Waals surface area contributed by atoms with Crippen molar-refractivity contribution in [3.63, 3.8) is 0 Å². The Morgan fingerprint density at radius 1 is 1.21 bits per heavy atom. The van der Waals surface area contributed by atoms with E-state index < -0.39 is 0 Å². The van der Waals surface area contributed by atoms with E-state index in [1.54, 1.807) is 0 Å². The molecule has 1 saturated carbocycles. The van der Waals surface area contributed by atoms with Crippen LogP contribution in [0.5, 0.6) is 0 Å². The van der Waals surface area contributed by atoms with Gasteiger partial charge >= 0.3 is 0 Å². The summed E-state index contributed by atoms with van der Waals surface area (Å²) >= 11 is 3.52. The maximum absolute atomic E-state index is 4.29. The van der Waals surface area contributed by atoms with Crippen molar-refractivity contribution >= 4 is 26.7 Å². The second kappa shape index (κ2) is 3.06. The third kappa shape index (κ3) is 1.34. The van der Waals surface area contributed by atoms with Gasteiger partial charge < -0.3 is 0 Å². The molecule has 1 aliphatic carbocycles. The smallest absolute Gasteiger partial charge is 0.0346 e. The van der Waals surface area contributed by atoms with Gasteiger partial charge in [0.05, 0.1) is 0 Å². The number of hydrogen-bond donors (Lipinski definition) is 0. The summed E-state index contributed by atoms with van der Waals surface area (Å²) in [5, 5.41) is 2.61. The highest BCUT2D eigenvalue weighted by Gasteiger charge is 2.25. The number of hydrogen-bond acceptors (Lipinski definition) is 1. The van der Waals surface area contributed by atoms with E-state index in [9.17, 15) is 0 Å². The first-order valence-electron chi connectivity index (χ1n) is 4.88. The summed E-state index contributed by atoms with van der Waals surface area (Å²) in [6.07, 6.45) is 6.61. The SMILES string of the molecule is Brc1ccc2cncc(C3CC3)c2c1. The number of benzene rings is 1. The highest BCUT2D eigenvalue weighted by Crippen LogP contribution is 2.42. The van der Waals surface area contributed by atoms with Crippen LogP contribution < -0.4 is 0 Å². The zero-order valence-corrected chi connectivity index (χ0v) is 9.29. The molecule has 0 N–H and O–H groups in total. The van der Waals surface area contributed by atoms with Crippen LogP contribution in [0.25, 0.3) is 10.8 Å². The Kier molecular flexibility index (Phi) is 1.84. The molecule has 1 fully saturated rings. The van der Waals surface area contributed by atoms with Crippen LogP contribution in [0.15, 0.2) is 35.1 Å². The van der Waals surface area contributed by atoms with Gasteiger partial charge in [0.15, 0.2) is 0 Å². The molecule has 0 atom stereocenters. The van der Waals surface area contributed by atoms with Crippen molar-refractivity contribution in [1.29, 1.82) is 0 Å². The first-order chi connectivity index (χ1) is 6.84. The van der Waals surface area contributed by atoms with Gasteiger partial charge in [0.25, 0.3) is 0 Å². The van der Waals surface area contributed by atoms with Gasteiger partial charge in [-0.15, -0.1) is 0 Å². The van der Waals surface area contributed by atoms with E-state index >= 15 is 0 Å². The summed E-state index contributed by atoms with van der Waals surface area (Å²) < 4.78 is 1.15. The summed E-state index contributed by atoms with van der Waals surface area (Å²) in [6, 6.07) is 6.39. The minimum absolute atomic E-state index is 0.764. The molecule has 1 nitrogen and oxygen atoms in total. The summed E-state index contributed by atoms with van der Waals surface area (Å²) in [6.45, 7) is 0. The number of nitrogens with zero attached hydrogens (tertiary/aromatic N) is 1. The van der Waals surface area contributed by atoms with Crippen molar-refractivity contribution < 1.29 is 0 Å². The summed E-state index contributed by atoms with van der Waals surface area (Å²) in [5.41, 5.74) is 1.42. The van der Waals surface area contributed by atoms with E-state index in [1.807, 2.05) is 12.4 Å². The predicted octanol–water partition coefficient (Wildman–Crippen LogP) is 3.87. The summed E-state index contributed by atoms with van der Waals surface area (Å²) in [4.78, 5) is 4.29. The minimum Gasteiger partial charge on any atom is -0.264 e. The van der Waals surface area contributed by atoms with Gasteiger partial charge in [-0.25, -0.2) is 0 Å². The Labute approximate surface area is 91.3 Å². The molecule has 3 rings (SSSR count). The first-order valence-corrected chi connectivity index (χ1v) is 5.67. The third-order valence-corrected chi connectivity index (χ3v) is 3.26. The van der Waals surface area contributed by atoms with Crippen LogP contribution in [0.1, 0.15) is 24.3 Å². The van der Waals surface area contributed by atoms with E-state index in [4.69, 9.17) is 0 Å². The Morgan fingerprint density at radius 3 is 2.86 bits per heavy atom. The average molecular weight is 248 g/mol. The zero-order chi connectivity index (χ0) is 9.54. The van der Waals surface area contributed by atoms with Crippen LogP contribution in [-0.4, -0.2) is 4.98 Å². The summed E-state index contributed by atoms with van der Waals surface area (Å²) in [7, 11) is 0. The second-order valence-electron chi connectivity index (χ2n) is 3.87. The molecular formula is C12H10BrN. The molecule has 1 aromatic carbocycles. The largest absolute Gasteiger partial charge is 0.264 e. The maximum atomic E-state index is 4.29. The van der Waals surface area contributed by atoms with Crippen molar-refractivity contribution in [1.82, 2.24) is 4.98 Å². The molecule has 0 saturated heterocycles. The van der Waals surface area contributed by atoms with Gasteiger partial charge in [-0.3, -0.25) is 4.98 Å². The normalized spacial score (nSPS) is 16.1. The molecule has 0 bridgehead atoms. The van der Waals surface area contributed by atoms with Crippen molar-refractivity contribution in [2.75, 3.05) is 0 Å². The molecule has 0 unspecified atom stereocenters. The molecule has 2 heteroatoms. The maximum Gasteiger partial charge on any atom is 0.0346 e. The van der Waals surface area contributed by atoms with Gasteiger partial charge in [0.1, 0.15) is 0 Å². The van der Waals surface area contributed by atoms with Crippen molar-refractivity contribution in [2.45, 2.75) is 18.8 Å². The molecule has 1 aromatic heterocycles. The lowest BCUT2D eigenvalue weighted by Crippen LogP contribution is -1.85. The Bertz CT molecular complexity index is 489. The fourth-order valence-corrected chi connectivity index (χ4v) is 2.24. The number of fused-ring (bicyclic) bond motifs is 1. The first kappa shape index (κ1) is 8.42. The second-order valence-corrected chi connectivity index (χ2v) is 4.78. The van der Waals surface area contributed by atoms with Gasteiger partial charge in [-0.05, 0) is 41.8 Å². The fourth-order valence-electron chi connectivity index (χ4n) is 1.88. The molecular weight excluding hydrogens is 238 g/mol.